The molecule has 0 saturated heterocycles. The number of thioether (sulfide) groups is 1. The Bertz CT molecular complexity index is 465. The molecule has 4 heteroatoms. The van der Waals surface area contributed by atoms with Gasteiger partial charge >= 0.3 is 0 Å². The molecule has 0 amide bonds. The van der Waals surface area contributed by atoms with Crippen LogP contribution in [0.25, 0.3) is 0 Å². The van der Waals surface area contributed by atoms with Gasteiger partial charge in [-0.05, 0) is 18.4 Å². The summed E-state index contributed by atoms with van der Waals surface area (Å²) in [6, 6.07) is 8.42. The molecule has 1 aliphatic heterocycles. The molecule has 2 N–H and O–H groups in total. The van der Waals surface area contributed by atoms with Crippen LogP contribution in [0.5, 0.6) is 0 Å². The van der Waals surface area contributed by atoms with Gasteiger partial charge in [-0.2, -0.15) is 5.10 Å². The molecule has 1 aromatic carbocycles. The summed E-state index contributed by atoms with van der Waals surface area (Å²) in [7, 11) is 0. The molecule has 0 saturated carbocycles. The molecule has 1 unspecified atom stereocenters. The number of rotatable bonds is 0. The van der Waals surface area contributed by atoms with E-state index in [2.05, 4.69) is 34.5 Å². The summed E-state index contributed by atoms with van der Waals surface area (Å²) in [5, 5.41) is 9.18. The fourth-order valence-corrected chi connectivity index (χ4v) is 2.99. The normalized spacial score (nSPS) is 23.6. The third-order valence-corrected chi connectivity index (χ3v) is 3.86. The fraction of sp³-hybridized carbons (Fsp3) is 0.273. The van der Waals surface area contributed by atoms with E-state index in [1.165, 1.54) is 11.1 Å². The van der Waals surface area contributed by atoms with Crippen molar-refractivity contribution in [1.82, 2.24) is 0 Å². The lowest BCUT2D eigenvalue weighted by Gasteiger charge is -2.26. The molecule has 1 atom stereocenters. The Kier molecular flexibility index (Phi) is 2.02. The number of nitrogens with two attached hydrogens (primary N) is 1. The average Bonchev–Trinajstić information content (AvgIpc) is 2.28. The minimum Gasteiger partial charge on any atom is -0.377 e. The summed E-state index contributed by atoms with van der Waals surface area (Å²) in [4.78, 5) is 0. The molecule has 1 aromatic rings. The van der Waals surface area contributed by atoms with E-state index in [9.17, 15) is 0 Å². The lowest BCUT2D eigenvalue weighted by Crippen LogP contribution is -2.30. The first-order valence-corrected chi connectivity index (χ1v) is 5.88. The number of aryl methyl sites for hydroxylation is 1. The third kappa shape index (κ3) is 1.45. The Morgan fingerprint density at radius 2 is 2.13 bits per heavy atom. The Morgan fingerprint density at radius 3 is 3.07 bits per heavy atom. The molecule has 2 aliphatic rings. The van der Waals surface area contributed by atoms with E-state index in [1.54, 1.807) is 11.8 Å². The monoisotopic (exact) mass is 217 g/mol. The molecule has 0 fully saturated rings. The van der Waals surface area contributed by atoms with Crippen molar-refractivity contribution >= 4 is 22.6 Å². The quantitative estimate of drug-likeness (QED) is 0.720. The first-order valence-electron chi connectivity index (χ1n) is 5.00. The summed E-state index contributed by atoms with van der Waals surface area (Å²) >= 11 is 1.63. The Morgan fingerprint density at radius 1 is 1.27 bits per heavy atom. The van der Waals surface area contributed by atoms with Gasteiger partial charge < -0.3 is 5.73 Å². The first-order chi connectivity index (χ1) is 7.34. The fourth-order valence-electron chi connectivity index (χ4n) is 2.09. The van der Waals surface area contributed by atoms with Crippen LogP contribution in [-0.4, -0.2) is 16.1 Å². The molecule has 76 valence electrons. The first kappa shape index (κ1) is 8.97. The van der Waals surface area contributed by atoms with Gasteiger partial charge in [-0.1, -0.05) is 36.0 Å². The van der Waals surface area contributed by atoms with E-state index in [4.69, 9.17) is 5.73 Å². The number of fused-ring (bicyclic) bond motifs is 3. The van der Waals surface area contributed by atoms with Crippen molar-refractivity contribution in [2.75, 3.05) is 0 Å². The number of hydrogen-bond donors (Lipinski definition) is 1. The molecule has 0 bridgehead atoms. The summed E-state index contributed by atoms with van der Waals surface area (Å²) in [5.41, 5.74) is 9.39. The highest BCUT2D eigenvalue weighted by Gasteiger charge is 2.28. The van der Waals surface area contributed by atoms with Crippen molar-refractivity contribution < 1.29 is 0 Å². The molecular weight excluding hydrogens is 206 g/mol. The zero-order chi connectivity index (χ0) is 10.3. The van der Waals surface area contributed by atoms with Crippen LogP contribution in [0, 0.1) is 0 Å². The van der Waals surface area contributed by atoms with Crippen LogP contribution in [0.15, 0.2) is 34.5 Å². The predicted octanol–water partition coefficient (Wildman–Crippen LogP) is 1.77. The predicted molar refractivity (Wildman–Crippen MR) is 64.3 cm³/mol. The van der Waals surface area contributed by atoms with Crippen LogP contribution in [0.2, 0.25) is 0 Å². The van der Waals surface area contributed by atoms with Crippen LogP contribution in [-0.2, 0) is 6.42 Å². The number of nitrogens with zero attached hydrogens (tertiary/aromatic N) is 2. The van der Waals surface area contributed by atoms with E-state index < -0.39 is 0 Å². The second-order valence-electron chi connectivity index (χ2n) is 3.73. The van der Waals surface area contributed by atoms with Crippen molar-refractivity contribution in [2.45, 2.75) is 18.1 Å². The van der Waals surface area contributed by atoms with E-state index >= 15 is 0 Å². The largest absolute Gasteiger partial charge is 0.377 e. The highest BCUT2D eigenvalue weighted by atomic mass is 32.2. The van der Waals surface area contributed by atoms with Crippen LogP contribution < -0.4 is 5.73 Å². The van der Waals surface area contributed by atoms with Crippen LogP contribution in [0.4, 0.5) is 0 Å². The van der Waals surface area contributed by atoms with E-state index in [0.29, 0.717) is 10.4 Å². The maximum Gasteiger partial charge on any atom is 0.181 e. The molecule has 3 rings (SSSR count). The maximum absolute atomic E-state index is 5.67. The van der Waals surface area contributed by atoms with Crippen molar-refractivity contribution in [2.24, 2.45) is 15.9 Å². The molecule has 3 nitrogen and oxygen atoms in total. The molecule has 1 aliphatic carbocycles. The third-order valence-electron chi connectivity index (χ3n) is 2.79. The topological polar surface area (TPSA) is 50.7 Å². The summed E-state index contributed by atoms with van der Waals surface area (Å²) in [6.07, 6.45) is 2.22. The van der Waals surface area contributed by atoms with Crippen LogP contribution in [0.1, 0.15) is 17.5 Å². The molecule has 0 spiro atoms. The molecular formula is C11H11N3S. The van der Waals surface area contributed by atoms with Gasteiger partial charge in [0, 0.05) is 5.56 Å². The zero-order valence-electron chi connectivity index (χ0n) is 8.18. The number of hydrogen-bond acceptors (Lipinski definition) is 4. The van der Waals surface area contributed by atoms with Crippen LogP contribution >= 0.6 is 11.8 Å². The molecule has 1 heterocycles. The van der Waals surface area contributed by atoms with Crippen molar-refractivity contribution in [3.63, 3.8) is 0 Å². The smallest absolute Gasteiger partial charge is 0.181 e. The number of amidine groups is 1. The van der Waals surface area contributed by atoms with Gasteiger partial charge in [-0.25, -0.2) is 0 Å². The van der Waals surface area contributed by atoms with Gasteiger partial charge in [0.15, 0.2) is 5.17 Å². The van der Waals surface area contributed by atoms with Gasteiger partial charge in [0.05, 0.1) is 11.0 Å². The van der Waals surface area contributed by atoms with Gasteiger partial charge in [-0.15, -0.1) is 5.10 Å². The summed E-state index contributed by atoms with van der Waals surface area (Å²) < 4.78 is 0. The van der Waals surface area contributed by atoms with E-state index in [1.807, 2.05) is 0 Å². The lowest BCUT2D eigenvalue weighted by molar-refractivity contribution is 0.846. The van der Waals surface area contributed by atoms with E-state index in [0.717, 1.165) is 18.6 Å². The summed E-state index contributed by atoms with van der Waals surface area (Å²) in [6.45, 7) is 0. The standard InChI is InChI=1S/C11H11N3S/c12-11-14-13-10-8-4-2-1-3-7(8)5-6-9(10)15-11/h1-4,9H,5-6H2,(H2,12,14). The molecule has 0 aromatic heterocycles. The lowest BCUT2D eigenvalue weighted by atomic mass is 9.90. The molecule has 0 radical (unpaired) electrons. The van der Waals surface area contributed by atoms with Gasteiger partial charge in [0.25, 0.3) is 0 Å². The Labute approximate surface area is 92.5 Å². The minimum absolute atomic E-state index is 0.400. The minimum atomic E-state index is 0.400. The van der Waals surface area contributed by atoms with Gasteiger partial charge in [-0.3, -0.25) is 0 Å². The van der Waals surface area contributed by atoms with Gasteiger partial charge in [0.1, 0.15) is 0 Å². The average molecular weight is 217 g/mol. The highest BCUT2D eigenvalue weighted by Crippen LogP contribution is 2.31. The van der Waals surface area contributed by atoms with Crippen molar-refractivity contribution in [3.8, 4) is 0 Å². The van der Waals surface area contributed by atoms with Crippen molar-refractivity contribution in [1.29, 1.82) is 0 Å². The maximum atomic E-state index is 5.67. The molecule has 15 heavy (non-hydrogen) atoms. The Balaban J connectivity index is 2.12. The highest BCUT2D eigenvalue weighted by molar-refractivity contribution is 8.15. The summed E-state index contributed by atoms with van der Waals surface area (Å²) in [5.74, 6) is 0. The second-order valence-corrected chi connectivity index (χ2v) is 4.95. The van der Waals surface area contributed by atoms with Crippen molar-refractivity contribution in [3.05, 3.63) is 35.4 Å². The SMILES string of the molecule is NC1=NN=C2c3ccccc3CCC2S1. The van der Waals surface area contributed by atoms with Gasteiger partial charge in [0.2, 0.25) is 0 Å². The van der Waals surface area contributed by atoms with Crippen LogP contribution in [0.3, 0.4) is 0 Å². The number of benzene rings is 1. The van der Waals surface area contributed by atoms with E-state index in [-0.39, 0.29) is 0 Å². The second kappa shape index (κ2) is 3.38. The Hall–Kier alpha value is -1.29. The zero-order valence-corrected chi connectivity index (χ0v) is 9.00.